The van der Waals surface area contributed by atoms with Gasteiger partial charge in [0.1, 0.15) is 5.82 Å². The number of anilines is 1. The van der Waals surface area contributed by atoms with Crippen molar-refractivity contribution in [3.05, 3.63) is 47.2 Å². The molecule has 0 unspecified atom stereocenters. The maximum atomic E-state index is 5.66. The summed E-state index contributed by atoms with van der Waals surface area (Å²) < 4.78 is 0. The van der Waals surface area contributed by atoms with Gasteiger partial charge in [-0.1, -0.05) is 23.8 Å². The highest BCUT2D eigenvalue weighted by Gasteiger charge is 2.05. The first-order chi connectivity index (χ1) is 7.58. The van der Waals surface area contributed by atoms with Crippen LogP contribution >= 0.6 is 0 Å². The molecule has 0 bridgehead atoms. The lowest BCUT2D eigenvalue weighted by Gasteiger charge is -2.10. The zero-order valence-electron chi connectivity index (χ0n) is 9.91. The lowest BCUT2D eigenvalue weighted by Crippen LogP contribution is -1.94. The molecule has 0 aliphatic rings. The molecule has 2 nitrogen and oxygen atoms in total. The standard InChI is InChI=1S/C14H16N2/c1-9-4-5-12(10(2)6-9)13-8-16-14(15)7-11(13)3/h4-8H,1-3H3,(H2,15,16). The third kappa shape index (κ3) is 1.91. The topological polar surface area (TPSA) is 38.9 Å². The van der Waals surface area contributed by atoms with Crippen molar-refractivity contribution in [3.63, 3.8) is 0 Å². The molecule has 2 aromatic rings. The van der Waals surface area contributed by atoms with Gasteiger partial charge in [-0.25, -0.2) is 4.98 Å². The van der Waals surface area contributed by atoms with Gasteiger partial charge in [0, 0.05) is 11.8 Å². The third-order valence-corrected chi connectivity index (χ3v) is 2.80. The minimum Gasteiger partial charge on any atom is -0.384 e. The summed E-state index contributed by atoms with van der Waals surface area (Å²) in [5, 5.41) is 0. The van der Waals surface area contributed by atoms with Crippen LogP contribution in [0.15, 0.2) is 30.5 Å². The predicted octanol–water partition coefficient (Wildman–Crippen LogP) is 3.26. The van der Waals surface area contributed by atoms with Gasteiger partial charge in [0.15, 0.2) is 0 Å². The summed E-state index contributed by atoms with van der Waals surface area (Å²) >= 11 is 0. The Kier molecular flexibility index (Phi) is 2.65. The number of hydrogen-bond acceptors (Lipinski definition) is 2. The highest BCUT2D eigenvalue weighted by molar-refractivity contribution is 5.70. The maximum Gasteiger partial charge on any atom is 0.123 e. The Morgan fingerprint density at radius 1 is 0.938 bits per heavy atom. The van der Waals surface area contributed by atoms with Crippen LogP contribution in [0.1, 0.15) is 16.7 Å². The quantitative estimate of drug-likeness (QED) is 0.788. The van der Waals surface area contributed by atoms with E-state index in [0.717, 1.165) is 5.56 Å². The van der Waals surface area contributed by atoms with E-state index in [-0.39, 0.29) is 0 Å². The normalized spacial score (nSPS) is 10.4. The second-order valence-electron chi connectivity index (χ2n) is 4.24. The molecule has 1 heterocycles. The summed E-state index contributed by atoms with van der Waals surface area (Å²) in [6, 6.07) is 8.36. The molecule has 2 rings (SSSR count). The molecule has 0 atom stereocenters. The largest absolute Gasteiger partial charge is 0.384 e. The molecule has 0 spiro atoms. The van der Waals surface area contributed by atoms with Crippen LogP contribution in [0.2, 0.25) is 0 Å². The fourth-order valence-electron chi connectivity index (χ4n) is 1.98. The fourth-order valence-corrected chi connectivity index (χ4v) is 1.98. The Bertz CT molecular complexity index is 481. The Morgan fingerprint density at radius 3 is 2.25 bits per heavy atom. The number of nitrogen functional groups attached to an aromatic ring is 1. The molecule has 0 saturated carbocycles. The predicted molar refractivity (Wildman–Crippen MR) is 68.3 cm³/mol. The highest BCUT2D eigenvalue weighted by Crippen LogP contribution is 2.27. The Hall–Kier alpha value is -1.83. The highest BCUT2D eigenvalue weighted by atomic mass is 14.8. The minimum atomic E-state index is 0.575. The second-order valence-corrected chi connectivity index (χ2v) is 4.24. The summed E-state index contributed by atoms with van der Waals surface area (Å²) in [6.45, 7) is 6.29. The molecule has 0 radical (unpaired) electrons. The first-order valence-electron chi connectivity index (χ1n) is 5.37. The molecule has 2 N–H and O–H groups in total. The van der Waals surface area contributed by atoms with Gasteiger partial charge in [0.25, 0.3) is 0 Å². The summed E-state index contributed by atoms with van der Waals surface area (Å²) in [6.07, 6.45) is 1.85. The fraction of sp³-hybridized carbons (Fsp3) is 0.214. The van der Waals surface area contributed by atoms with E-state index in [9.17, 15) is 0 Å². The number of hydrogen-bond donors (Lipinski definition) is 1. The number of nitrogens with zero attached hydrogens (tertiary/aromatic N) is 1. The molecular weight excluding hydrogens is 196 g/mol. The zero-order valence-corrected chi connectivity index (χ0v) is 9.91. The molecule has 82 valence electrons. The molecule has 0 aliphatic carbocycles. The van der Waals surface area contributed by atoms with Crippen LogP contribution in [0.4, 0.5) is 5.82 Å². The summed E-state index contributed by atoms with van der Waals surface area (Å²) in [5.74, 6) is 0.575. The van der Waals surface area contributed by atoms with Gasteiger partial charge in [-0.05, 0) is 43.5 Å². The second kappa shape index (κ2) is 3.97. The van der Waals surface area contributed by atoms with Crippen LogP contribution in [0.25, 0.3) is 11.1 Å². The van der Waals surface area contributed by atoms with E-state index in [1.165, 1.54) is 22.3 Å². The molecule has 0 aliphatic heterocycles. The molecule has 0 amide bonds. The van der Waals surface area contributed by atoms with Gasteiger partial charge in [-0.2, -0.15) is 0 Å². The first-order valence-corrected chi connectivity index (χ1v) is 5.37. The van der Waals surface area contributed by atoms with E-state index in [0.29, 0.717) is 5.82 Å². The molecule has 0 saturated heterocycles. The van der Waals surface area contributed by atoms with E-state index in [4.69, 9.17) is 5.73 Å². The Morgan fingerprint density at radius 2 is 1.62 bits per heavy atom. The van der Waals surface area contributed by atoms with Crippen molar-refractivity contribution in [2.24, 2.45) is 0 Å². The SMILES string of the molecule is Cc1ccc(-c2cnc(N)cc2C)c(C)c1. The average Bonchev–Trinajstić information content (AvgIpc) is 2.19. The van der Waals surface area contributed by atoms with E-state index in [1.54, 1.807) is 0 Å². The van der Waals surface area contributed by atoms with Gasteiger partial charge < -0.3 is 5.73 Å². The van der Waals surface area contributed by atoms with Crippen LogP contribution in [0.5, 0.6) is 0 Å². The first kappa shape index (κ1) is 10.7. The van der Waals surface area contributed by atoms with E-state index >= 15 is 0 Å². The summed E-state index contributed by atoms with van der Waals surface area (Å²) in [4.78, 5) is 4.16. The number of aromatic nitrogens is 1. The van der Waals surface area contributed by atoms with Crippen molar-refractivity contribution in [2.45, 2.75) is 20.8 Å². The van der Waals surface area contributed by atoms with E-state index in [2.05, 4.69) is 44.0 Å². The van der Waals surface area contributed by atoms with Gasteiger partial charge in [-0.3, -0.25) is 0 Å². The van der Waals surface area contributed by atoms with E-state index in [1.807, 2.05) is 12.3 Å². The molecular formula is C14H16N2. The number of benzene rings is 1. The molecule has 1 aromatic heterocycles. The lowest BCUT2D eigenvalue weighted by molar-refractivity contribution is 1.28. The van der Waals surface area contributed by atoms with Gasteiger partial charge in [0.2, 0.25) is 0 Å². The summed E-state index contributed by atoms with van der Waals surface area (Å²) in [5.41, 5.74) is 11.8. The van der Waals surface area contributed by atoms with Gasteiger partial charge in [0.05, 0.1) is 0 Å². The van der Waals surface area contributed by atoms with Crippen molar-refractivity contribution in [1.29, 1.82) is 0 Å². The van der Waals surface area contributed by atoms with Crippen molar-refractivity contribution < 1.29 is 0 Å². The van der Waals surface area contributed by atoms with Crippen molar-refractivity contribution in [3.8, 4) is 11.1 Å². The zero-order chi connectivity index (χ0) is 11.7. The number of aryl methyl sites for hydroxylation is 3. The molecule has 16 heavy (non-hydrogen) atoms. The summed E-state index contributed by atoms with van der Waals surface area (Å²) in [7, 11) is 0. The third-order valence-electron chi connectivity index (χ3n) is 2.80. The number of rotatable bonds is 1. The van der Waals surface area contributed by atoms with Crippen molar-refractivity contribution in [2.75, 3.05) is 5.73 Å². The molecule has 1 aromatic carbocycles. The number of pyridine rings is 1. The monoisotopic (exact) mass is 212 g/mol. The van der Waals surface area contributed by atoms with Crippen LogP contribution in [0, 0.1) is 20.8 Å². The minimum absolute atomic E-state index is 0.575. The van der Waals surface area contributed by atoms with E-state index < -0.39 is 0 Å². The van der Waals surface area contributed by atoms with Crippen molar-refractivity contribution in [1.82, 2.24) is 4.98 Å². The Labute approximate surface area is 96.1 Å². The maximum absolute atomic E-state index is 5.66. The van der Waals surface area contributed by atoms with Crippen LogP contribution in [0.3, 0.4) is 0 Å². The van der Waals surface area contributed by atoms with Gasteiger partial charge in [-0.15, -0.1) is 0 Å². The van der Waals surface area contributed by atoms with Crippen LogP contribution < -0.4 is 5.73 Å². The Balaban J connectivity index is 2.59. The van der Waals surface area contributed by atoms with Crippen LogP contribution in [-0.4, -0.2) is 4.98 Å². The van der Waals surface area contributed by atoms with Crippen molar-refractivity contribution >= 4 is 5.82 Å². The van der Waals surface area contributed by atoms with Crippen LogP contribution in [-0.2, 0) is 0 Å². The molecule has 2 heteroatoms. The smallest absolute Gasteiger partial charge is 0.123 e. The molecule has 0 fully saturated rings. The lowest BCUT2D eigenvalue weighted by atomic mass is 9.97. The number of nitrogens with two attached hydrogens (primary N) is 1. The van der Waals surface area contributed by atoms with Gasteiger partial charge >= 0.3 is 0 Å². The average molecular weight is 212 g/mol.